The van der Waals surface area contributed by atoms with Crippen LogP contribution in [0.3, 0.4) is 0 Å². The van der Waals surface area contributed by atoms with E-state index in [0.29, 0.717) is 12.2 Å². The number of hydrogen-bond donors (Lipinski definition) is 2. The highest BCUT2D eigenvalue weighted by Crippen LogP contribution is 2.18. The molecule has 0 aliphatic carbocycles. The molecule has 6 nitrogen and oxygen atoms in total. The van der Waals surface area contributed by atoms with Crippen LogP contribution in [0.5, 0.6) is 0 Å². The van der Waals surface area contributed by atoms with E-state index in [4.69, 9.17) is 9.84 Å². The molecule has 0 amide bonds. The van der Waals surface area contributed by atoms with Gasteiger partial charge in [-0.1, -0.05) is 0 Å². The second-order valence-corrected chi connectivity index (χ2v) is 3.66. The summed E-state index contributed by atoms with van der Waals surface area (Å²) in [4.78, 5) is 24.9. The highest BCUT2D eigenvalue weighted by atomic mass is 16.5. The smallest absolute Gasteiger partial charge is 0.330 e. The average molecular weight is 224 g/mol. The molecule has 1 atom stereocenters. The Bertz CT molecular complexity index is 540. The van der Waals surface area contributed by atoms with Gasteiger partial charge in [0, 0.05) is 11.8 Å². The Morgan fingerprint density at radius 2 is 2.38 bits per heavy atom. The van der Waals surface area contributed by atoms with Gasteiger partial charge >= 0.3 is 5.69 Å². The van der Waals surface area contributed by atoms with Gasteiger partial charge in [0.15, 0.2) is 6.23 Å². The number of aliphatic hydroxyl groups excluding tert-OH is 1. The van der Waals surface area contributed by atoms with E-state index < -0.39 is 17.5 Å². The zero-order valence-electron chi connectivity index (χ0n) is 8.77. The summed E-state index contributed by atoms with van der Waals surface area (Å²) < 4.78 is 6.60. The van der Waals surface area contributed by atoms with Crippen molar-refractivity contribution in [1.29, 1.82) is 0 Å². The number of aryl methyl sites for hydroxylation is 1. The van der Waals surface area contributed by atoms with Crippen LogP contribution in [0.15, 0.2) is 27.4 Å². The molecule has 0 spiro atoms. The molecule has 0 saturated carbocycles. The number of nitrogens with zero attached hydrogens (tertiary/aromatic N) is 1. The Kier molecular flexibility index (Phi) is 2.76. The topological polar surface area (TPSA) is 84.3 Å². The van der Waals surface area contributed by atoms with Gasteiger partial charge in [-0.2, -0.15) is 0 Å². The van der Waals surface area contributed by atoms with Crippen LogP contribution in [0.4, 0.5) is 0 Å². The Labute approximate surface area is 90.8 Å². The second-order valence-electron chi connectivity index (χ2n) is 3.66. The number of aromatic nitrogens is 2. The van der Waals surface area contributed by atoms with Crippen molar-refractivity contribution in [3.8, 4) is 0 Å². The molecule has 2 N–H and O–H groups in total. The van der Waals surface area contributed by atoms with Crippen molar-refractivity contribution in [3.63, 3.8) is 0 Å². The molecule has 1 aromatic rings. The van der Waals surface area contributed by atoms with Crippen LogP contribution in [-0.4, -0.2) is 27.9 Å². The molecule has 2 rings (SSSR count). The Balaban J connectivity index is 2.43. The van der Waals surface area contributed by atoms with E-state index in [9.17, 15) is 9.59 Å². The zero-order valence-corrected chi connectivity index (χ0v) is 8.77. The predicted molar refractivity (Wildman–Crippen MR) is 56.2 cm³/mol. The molecule has 1 aromatic heterocycles. The van der Waals surface area contributed by atoms with E-state index in [-0.39, 0.29) is 6.61 Å². The van der Waals surface area contributed by atoms with Crippen LogP contribution < -0.4 is 11.2 Å². The normalized spacial score (nSPS) is 19.9. The third-order valence-corrected chi connectivity index (χ3v) is 2.44. The van der Waals surface area contributed by atoms with Gasteiger partial charge < -0.3 is 9.84 Å². The monoisotopic (exact) mass is 224 g/mol. The van der Waals surface area contributed by atoms with E-state index in [1.54, 1.807) is 13.0 Å². The first-order chi connectivity index (χ1) is 7.61. The van der Waals surface area contributed by atoms with Crippen molar-refractivity contribution >= 4 is 0 Å². The van der Waals surface area contributed by atoms with Gasteiger partial charge in [0.1, 0.15) is 0 Å². The quantitative estimate of drug-likeness (QED) is 0.650. The van der Waals surface area contributed by atoms with Crippen LogP contribution in [0.1, 0.15) is 11.8 Å². The van der Waals surface area contributed by atoms with Crippen molar-refractivity contribution in [2.75, 3.05) is 13.2 Å². The molecule has 16 heavy (non-hydrogen) atoms. The molecule has 0 radical (unpaired) electrons. The van der Waals surface area contributed by atoms with Gasteiger partial charge in [0.2, 0.25) is 0 Å². The zero-order chi connectivity index (χ0) is 11.7. The molecular formula is C10H12N2O4. The minimum Gasteiger partial charge on any atom is -0.392 e. The number of ether oxygens (including phenoxy) is 1. The van der Waals surface area contributed by atoms with E-state index in [1.165, 1.54) is 10.8 Å². The van der Waals surface area contributed by atoms with Crippen LogP contribution >= 0.6 is 0 Å². The number of aromatic amines is 1. The van der Waals surface area contributed by atoms with Gasteiger partial charge in [-0.05, 0) is 18.6 Å². The van der Waals surface area contributed by atoms with Crippen LogP contribution in [-0.2, 0) is 4.74 Å². The third kappa shape index (κ3) is 1.84. The highest BCUT2D eigenvalue weighted by molar-refractivity contribution is 5.11. The maximum absolute atomic E-state index is 11.5. The van der Waals surface area contributed by atoms with E-state index >= 15 is 0 Å². The lowest BCUT2D eigenvalue weighted by Gasteiger charge is -2.11. The fourth-order valence-corrected chi connectivity index (χ4v) is 1.52. The Hall–Kier alpha value is -1.66. The molecular weight excluding hydrogens is 212 g/mol. The number of aliphatic hydroxyl groups is 1. The third-order valence-electron chi connectivity index (χ3n) is 2.44. The fourth-order valence-electron chi connectivity index (χ4n) is 1.52. The summed E-state index contributed by atoms with van der Waals surface area (Å²) in [6, 6.07) is 0. The van der Waals surface area contributed by atoms with Crippen LogP contribution in [0.25, 0.3) is 0 Å². The van der Waals surface area contributed by atoms with Crippen LogP contribution in [0, 0.1) is 6.92 Å². The van der Waals surface area contributed by atoms with Crippen molar-refractivity contribution < 1.29 is 9.84 Å². The first-order valence-electron chi connectivity index (χ1n) is 4.86. The molecule has 0 unspecified atom stereocenters. The fraction of sp³-hybridized carbons (Fsp3) is 0.400. The maximum Gasteiger partial charge on any atom is 0.330 e. The lowest BCUT2D eigenvalue weighted by atomic mass is 10.3. The molecule has 0 aromatic carbocycles. The van der Waals surface area contributed by atoms with E-state index in [0.717, 1.165) is 5.57 Å². The van der Waals surface area contributed by atoms with Crippen molar-refractivity contribution in [1.82, 2.24) is 9.55 Å². The Morgan fingerprint density at radius 1 is 1.62 bits per heavy atom. The summed E-state index contributed by atoms with van der Waals surface area (Å²) in [5.41, 5.74) is 0.247. The van der Waals surface area contributed by atoms with E-state index in [1.807, 2.05) is 0 Å². The summed E-state index contributed by atoms with van der Waals surface area (Å²) in [6.45, 7) is 1.82. The summed E-state index contributed by atoms with van der Waals surface area (Å²) in [7, 11) is 0. The van der Waals surface area contributed by atoms with Crippen molar-refractivity contribution in [2.45, 2.75) is 13.2 Å². The standard InChI is InChI=1S/C10H12N2O4/c1-6-3-12(10(15)11-9(6)14)8-2-7(4-13)5-16-8/h2-3,8,13H,4-5H2,1H3,(H,11,14,15)/t8-/m1/s1. The molecule has 86 valence electrons. The SMILES string of the molecule is Cc1cn([C@H]2C=C(CO)CO2)c(=O)[nH]c1=O. The first kappa shape index (κ1) is 10.8. The van der Waals surface area contributed by atoms with E-state index in [2.05, 4.69) is 4.98 Å². The van der Waals surface area contributed by atoms with Gasteiger partial charge in [-0.3, -0.25) is 14.3 Å². The maximum atomic E-state index is 11.5. The molecule has 0 bridgehead atoms. The first-order valence-corrected chi connectivity index (χ1v) is 4.86. The number of hydrogen-bond acceptors (Lipinski definition) is 4. The minimum absolute atomic E-state index is 0.0897. The molecule has 2 heterocycles. The highest BCUT2D eigenvalue weighted by Gasteiger charge is 2.18. The van der Waals surface area contributed by atoms with Gasteiger partial charge in [-0.25, -0.2) is 4.79 Å². The number of nitrogens with one attached hydrogen (secondary N) is 1. The van der Waals surface area contributed by atoms with Crippen LogP contribution in [0.2, 0.25) is 0 Å². The second kappa shape index (κ2) is 4.07. The van der Waals surface area contributed by atoms with Gasteiger partial charge in [0.25, 0.3) is 5.56 Å². The summed E-state index contributed by atoms with van der Waals surface area (Å²) in [5.74, 6) is 0. The minimum atomic E-state index is -0.551. The van der Waals surface area contributed by atoms with Crippen molar-refractivity contribution in [3.05, 3.63) is 44.2 Å². The summed E-state index contributed by atoms with van der Waals surface area (Å²) in [6.07, 6.45) is 2.56. The molecule has 0 saturated heterocycles. The van der Waals surface area contributed by atoms with Crippen molar-refractivity contribution in [2.24, 2.45) is 0 Å². The number of rotatable bonds is 2. The average Bonchev–Trinajstić information content (AvgIpc) is 2.71. The predicted octanol–water partition coefficient (Wildman–Crippen LogP) is -0.707. The Morgan fingerprint density at radius 3 is 3.00 bits per heavy atom. The molecule has 1 aliphatic heterocycles. The molecule has 0 fully saturated rings. The number of H-pyrrole nitrogens is 1. The lowest BCUT2D eigenvalue weighted by molar-refractivity contribution is 0.0679. The summed E-state index contributed by atoms with van der Waals surface area (Å²) in [5, 5.41) is 8.91. The van der Waals surface area contributed by atoms with Gasteiger partial charge in [-0.15, -0.1) is 0 Å². The summed E-state index contributed by atoms with van der Waals surface area (Å²) >= 11 is 0. The largest absolute Gasteiger partial charge is 0.392 e. The molecule has 6 heteroatoms. The van der Waals surface area contributed by atoms with Gasteiger partial charge in [0.05, 0.1) is 13.2 Å². The molecule has 1 aliphatic rings. The lowest BCUT2D eigenvalue weighted by Crippen LogP contribution is -2.32.